The summed E-state index contributed by atoms with van der Waals surface area (Å²) in [6, 6.07) is 6.31. The first-order valence-corrected chi connectivity index (χ1v) is 9.14. The molecule has 0 bridgehead atoms. The number of ether oxygens (including phenoxy) is 1. The van der Waals surface area contributed by atoms with Gasteiger partial charge in [-0.1, -0.05) is 31.0 Å². The molecule has 0 saturated heterocycles. The number of hydrogen-bond donors (Lipinski definition) is 0. The zero-order chi connectivity index (χ0) is 19.3. The maximum Gasteiger partial charge on any atom is 0.165 e. The second-order valence-corrected chi connectivity index (χ2v) is 8.45. The quantitative estimate of drug-likeness (QED) is 0.460. The van der Waals surface area contributed by atoms with E-state index in [0.717, 1.165) is 0 Å². The van der Waals surface area contributed by atoms with Crippen LogP contribution in [0.15, 0.2) is 33.2 Å². The van der Waals surface area contributed by atoms with Crippen molar-refractivity contribution in [3.8, 4) is 11.8 Å². The van der Waals surface area contributed by atoms with Crippen molar-refractivity contribution in [1.29, 1.82) is 5.26 Å². The molecule has 1 aromatic rings. The minimum Gasteiger partial charge on any atom is -0.494 e. The molecule has 0 radical (unpaired) electrons. The molecule has 6 nitrogen and oxygen atoms in total. The summed E-state index contributed by atoms with van der Waals surface area (Å²) in [4.78, 5) is 12.8. The first-order chi connectivity index (χ1) is 12.3. The lowest BCUT2D eigenvalue weighted by Gasteiger charge is -2.23. The topological polar surface area (TPSA) is 87.2 Å². The van der Waals surface area contributed by atoms with Crippen LogP contribution in [0.1, 0.15) is 26.3 Å². The Kier molecular flexibility index (Phi) is 6.27. The predicted octanol–water partition coefficient (Wildman–Crippen LogP) is 2.56. The molecule has 8 heteroatoms. The zero-order valence-electron chi connectivity index (χ0n) is 15.1. The van der Waals surface area contributed by atoms with Gasteiger partial charge in [-0.2, -0.15) is 5.26 Å². The maximum atomic E-state index is 14.2. The van der Waals surface area contributed by atoms with Crippen LogP contribution >= 0.6 is 0 Å². The molecule has 1 aliphatic heterocycles. The smallest absolute Gasteiger partial charge is 0.165 e. The first kappa shape index (κ1) is 19.8. The van der Waals surface area contributed by atoms with Gasteiger partial charge in [-0.05, 0) is 18.2 Å². The third-order valence-electron chi connectivity index (χ3n) is 3.50. The number of hydrogen-bond acceptors (Lipinski definition) is 6. The summed E-state index contributed by atoms with van der Waals surface area (Å²) < 4.78 is 30.9. The van der Waals surface area contributed by atoms with E-state index in [4.69, 9.17) is 4.74 Å². The Bertz CT molecular complexity index is 914. The Morgan fingerprint density at radius 1 is 1.38 bits per heavy atom. The molecule has 1 aromatic carbocycles. The van der Waals surface area contributed by atoms with E-state index in [2.05, 4.69) is 15.0 Å². The molecule has 138 valence electrons. The number of aliphatic imine (C=N–C) groups is 3. The summed E-state index contributed by atoms with van der Waals surface area (Å²) in [7, 11) is 0.00463. The lowest BCUT2D eigenvalue weighted by molar-refractivity contribution is 0.386. The highest BCUT2D eigenvalue weighted by Gasteiger charge is 2.20. The highest BCUT2D eigenvalue weighted by Crippen LogP contribution is 2.19. The summed E-state index contributed by atoms with van der Waals surface area (Å²) >= 11 is 0. The molecular formula is C18H20FN4O2S-. The zero-order valence-corrected chi connectivity index (χ0v) is 15.9. The Balaban J connectivity index is 2.62. The third-order valence-corrected chi connectivity index (χ3v) is 5.00. The van der Waals surface area contributed by atoms with Crippen LogP contribution < -0.4 is 4.74 Å². The summed E-state index contributed by atoms with van der Waals surface area (Å²) in [6.07, 6.45) is 0. The molecule has 2 rings (SSSR count). The largest absolute Gasteiger partial charge is 0.494 e. The highest BCUT2D eigenvalue weighted by atomic mass is 32.2. The summed E-state index contributed by atoms with van der Waals surface area (Å²) in [5.74, 6) is -0.475. The maximum absolute atomic E-state index is 14.2. The SMILES string of the molecule is COc1ccc(C(=NC=[S-](=O)C(C)(C)C)C2=NCCN=C2C#N)cc1F. The molecule has 0 amide bonds. The second kappa shape index (κ2) is 8.23. The number of benzene rings is 1. The number of rotatable bonds is 4. The first-order valence-electron chi connectivity index (χ1n) is 7.93. The van der Waals surface area contributed by atoms with Gasteiger partial charge in [0.2, 0.25) is 0 Å². The summed E-state index contributed by atoms with van der Waals surface area (Å²) in [5.41, 5.74) is 2.34. The fourth-order valence-electron chi connectivity index (χ4n) is 2.09. The van der Waals surface area contributed by atoms with E-state index < -0.39 is 21.0 Å². The molecule has 0 atom stereocenters. The van der Waals surface area contributed by atoms with Gasteiger partial charge in [-0.15, -0.1) is 0 Å². The van der Waals surface area contributed by atoms with Crippen LogP contribution in [0.2, 0.25) is 0 Å². The molecule has 26 heavy (non-hydrogen) atoms. The Morgan fingerprint density at radius 3 is 2.65 bits per heavy atom. The third kappa shape index (κ3) is 4.55. The molecule has 0 unspecified atom stereocenters. The van der Waals surface area contributed by atoms with Crippen molar-refractivity contribution in [2.24, 2.45) is 15.0 Å². The van der Waals surface area contributed by atoms with E-state index in [1.165, 1.54) is 24.7 Å². The Hall–Kier alpha value is -2.53. The fourth-order valence-corrected chi connectivity index (χ4v) is 2.61. The molecule has 1 aliphatic rings. The van der Waals surface area contributed by atoms with E-state index in [9.17, 15) is 13.9 Å². The van der Waals surface area contributed by atoms with Crippen molar-refractivity contribution >= 4 is 33.0 Å². The van der Waals surface area contributed by atoms with E-state index in [0.29, 0.717) is 18.7 Å². The van der Waals surface area contributed by atoms with Crippen LogP contribution in [0.5, 0.6) is 5.75 Å². The lowest BCUT2D eigenvalue weighted by atomic mass is 10.0. The van der Waals surface area contributed by atoms with E-state index in [1.807, 2.05) is 26.8 Å². The standard InChI is InChI=1S/C18H20FN4O2S/c1-18(2,3)26(24)11-23-16(17-14(10-20)21-7-8-22-17)12-5-6-15(25-4)13(19)9-12/h5-6,9,11H,7-8H2,1-4H3/q-1. The normalized spacial score (nSPS) is 16.5. The summed E-state index contributed by atoms with van der Waals surface area (Å²) in [5, 5.41) is 9.32. The highest BCUT2D eigenvalue weighted by molar-refractivity contribution is 7.84. The van der Waals surface area contributed by atoms with Gasteiger partial charge in [0, 0.05) is 5.56 Å². The molecule has 0 fully saturated rings. The summed E-state index contributed by atoms with van der Waals surface area (Å²) in [6.45, 7) is 6.28. The molecule has 1 heterocycles. The van der Waals surface area contributed by atoms with E-state index in [-0.39, 0.29) is 22.9 Å². The fraction of sp³-hybridized carbons (Fsp3) is 0.389. The number of halogens is 1. The second-order valence-electron chi connectivity index (χ2n) is 6.41. The molecule has 0 aliphatic carbocycles. The average molecular weight is 375 g/mol. The van der Waals surface area contributed by atoms with Crippen molar-refractivity contribution < 1.29 is 13.3 Å². The molecule has 0 spiro atoms. The van der Waals surface area contributed by atoms with E-state index >= 15 is 0 Å². The van der Waals surface area contributed by atoms with Gasteiger partial charge in [0.1, 0.15) is 11.8 Å². The van der Waals surface area contributed by atoms with Crippen molar-refractivity contribution in [2.75, 3.05) is 20.2 Å². The Morgan fingerprint density at radius 2 is 2.08 bits per heavy atom. The van der Waals surface area contributed by atoms with Crippen LogP contribution in [-0.2, 0) is 14.6 Å². The van der Waals surface area contributed by atoms with E-state index in [1.54, 1.807) is 6.07 Å². The minimum absolute atomic E-state index is 0.0927. The van der Waals surface area contributed by atoms with Crippen molar-refractivity contribution in [2.45, 2.75) is 25.5 Å². The number of methoxy groups -OCH3 is 1. The van der Waals surface area contributed by atoms with Crippen LogP contribution in [0.3, 0.4) is 0 Å². The minimum atomic E-state index is -1.37. The number of nitriles is 1. The van der Waals surface area contributed by atoms with Gasteiger partial charge in [0.15, 0.2) is 17.3 Å². The van der Waals surface area contributed by atoms with Crippen molar-refractivity contribution in [3.05, 3.63) is 29.6 Å². The lowest BCUT2D eigenvalue weighted by Crippen LogP contribution is -2.28. The van der Waals surface area contributed by atoms with Crippen LogP contribution in [0, 0.1) is 17.1 Å². The molecule has 0 saturated carbocycles. The van der Waals surface area contributed by atoms with Gasteiger partial charge in [0.25, 0.3) is 0 Å². The molecule has 0 N–H and O–H groups in total. The van der Waals surface area contributed by atoms with Gasteiger partial charge < -0.3 is 8.95 Å². The van der Waals surface area contributed by atoms with Gasteiger partial charge in [-0.3, -0.25) is 15.0 Å². The van der Waals surface area contributed by atoms with Crippen LogP contribution in [0.4, 0.5) is 4.39 Å². The van der Waals surface area contributed by atoms with Gasteiger partial charge in [0.05, 0.1) is 25.9 Å². The Labute approximate surface area is 154 Å². The van der Waals surface area contributed by atoms with Crippen LogP contribution in [-0.4, -0.2) is 47.6 Å². The number of nitrogens with zero attached hydrogens (tertiary/aromatic N) is 4. The molecule has 0 aromatic heterocycles. The predicted molar refractivity (Wildman–Crippen MR) is 104 cm³/mol. The molecular weight excluding hydrogens is 355 g/mol. The van der Waals surface area contributed by atoms with Crippen LogP contribution in [0.25, 0.3) is 0 Å². The van der Waals surface area contributed by atoms with Crippen molar-refractivity contribution in [1.82, 2.24) is 0 Å². The van der Waals surface area contributed by atoms with Gasteiger partial charge >= 0.3 is 0 Å². The monoisotopic (exact) mass is 375 g/mol. The average Bonchev–Trinajstić information content (AvgIpc) is 2.61. The van der Waals surface area contributed by atoms with Crippen molar-refractivity contribution in [3.63, 3.8) is 0 Å². The van der Waals surface area contributed by atoms with Gasteiger partial charge in [-0.25, -0.2) is 14.8 Å².